The minimum Gasteiger partial charge on any atom is -0.369 e. The number of fused-ring (bicyclic) bond motifs is 1. The van der Waals surface area contributed by atoms with Crippen LogP contribution in [-0.2, 0) is 11.2 Å². The smallest absolute Gasteiger partial charge is 0.230 e. The molecule has 1 fully saturated rings. The van der Waals surface area contributed by atoms with Crippen LogP contribution in [0.3, 0.4) is 0 Å². The van der Waals surface area contributed by atoms with Crippen molar-refractivity contribution in [2.75, 3.05) is 48.3 Å². The Morgan fingerprint density at radius 2 is 1.85 bits per heavy atom. The Bertz CT molecular complexity index is 1570. The molecule has 1 amide bonds. The van der Waals surface area contributed by atoms with Crippen LogP contribution in [0.25, 0.3) is 16.3 Å². The van der Waals surface area contributed by atoms with Gasteiger partial charge in [-0.1, -0.05) is 43.3 Å². The van der Waals surface area contributed by atoms with Crippen molar-refractivity contribution < 1.29 is 4.79 Å². The molecule has 0 aliphatic carbocycles. The average molecular weight is 539 g/mol. The van der Waals surface area contributed by atoms with Crippen molar-refractivity contribution in [1.29, 1.82) is 0 Å². The van der Waals surface area contributed by atoms with Gasteiger partial charge in [-0.15, -0.1) is 11.3 Å². The maximum atomic E-state index is 12.9. The molecule has 0 atom stereocenters. The van der Waals surface area contributed by atoms with Crippen LogP contribution in [0.5, 0.6) is 0 Å². The summed E-state index contributed by atoms with van der Waals surface area (Å²) >= 11 is 1.51. The molecular formula is C29H30N8OS. The lowest BCUT2D eigenvalue weighted by Crippen LogP contribution is -2.46. The number of aromatic nitrogens is 4. The average Bonchev–Trinajstić information content (AvgIpc) is 3.55. The number of rotatable bonds is 8. The van der Waals surface area contributed by atoms with Gasteiger partial charge in [-0.25, -0.2) is 15.0 Å². The summed E-state index contributed by atoms with van der Waals surface area (Å²) < 4.78 is 1.95. The van der Waals surface area contributed by atoms with Crippen LogP contribution >= 0.6 is 11.3 Å². The van der Waals surface area contributed by atoms with Crippen molar-refractivity contribution >= 4 is 45.3 Å². The van der Waals surface area contributed by atoms with Crippen LogP contribution in [0.2, 0.25) is 0 Å². The largest absolute Gasteiger partial charge is 0.369 e. The molecule has 0 unspecified atom stereocenters. The third-order valence-corrected chi connectivity index (χ3v) is 7.67. The first-order valence-corrected chi connectivity index (χ1v) is 14.0. The number of carbonyl (C=O) groups is 1. The van der Waals surface area contributed by atoms with Gasteiger partial charge in [0.15, 0.2) is 10.8 Å². The third-order valence-electron chi connectivity index (χ3n) is 6.91. The van der Waals surface area contributed by atoms with E-state index in [2.05, 4.69) is 55.5 Å². The quantitative estimate of drug-likeness (QED) is 0.290. The van der Waals surface area contributed by atoms with Gasteiger partial charge in [0.1, 0.15) is 5.69 Å². The van der Waals surface area contributed by atoms with E-state index >= 15 is 0 Å². The monoisotopic (exact) mass is 538 g/mol. The number of amides is 1. The van der Waals surface area contributed by atoms with Gasteiger partial charge in [-0.05, 0) is 36.4 Å². The second-order valence-corrected chi connectivity index (χ2v) is 10.3. The van der Waals surface area contributed by atoms with E-state index in [1.165, 1.54) is 17.0 Å². The summed E-state index contributed by atoms with van der Waals surface area (Å²) in [6, 6.07) is 19.9. The third kappa shape index (κ3) is 5.62. The number of carbonyl (C=O) groups excluding carboxylic acids is 1. The van der Waals surface area contributed by atoms with Gasteiger partial charge in [-0.2, -0.15) is 0 Å². The first-order chi connectivity index (χ1) is 19.2. The molecule has 0 radical (unpaired) electrons. The molecule has 1 aliphatic heterocycles. The van der Waals surface area contributed by atoms with Gasteiger partial charge in [0.2, 0.25) is 11.9 Å². The molecule has 4 heterocycles. The lowest BCUT2D eigenvalue weighted by Gasteiger charge is -2.35. The molecule has 9 nitrogen and oxygen atoms in total. The molecule has 198 valence electrons. The lowest BCUT2D eigenvalue weighted by atomic mass is 10.1. The first-order valence-electron chi connectivity index (χ1n) is 13.1. The number of anilines is 4. The highest BCUT2D eigenvalue weighted by Gasteiger charge is 2.20. The maximum absolute atomic E-state index is 12.9. The van der Waals surface area contributed by atoms with Crippen LogP contribution < -0.4 is 15.5 Å². The van der Waals surface area contributed by atoms with Gasteiger partial charge in [0.25, 0.3) is 0 Å². The van der Waals surface area contributed by atoms with E-state index in [1.54, 1.807) is 6.20 Å². The summed E-state index contributed by atoms with van der Waals surface area (Å²) in [6.07, 6.45) is 3.93. The Morgan fingerprint density at radius 3 is 2.67 bits per heavy atom. The predicted octanol–water partition coefficient (Wildman–Crippen LogP) is 4.92. The number of hydrogen-bond acceptors (Lipinski definition) is 8. The Labute approximate surface area is 231 Å². The Balaban J connectivity index is 1.23. The fourth-order valence-corrected chi connectivity index (χ4v) is 5.57. The van der Waals surface area contributed by atoms with Crippen molar-refractivity contribution in [3.05, 3.63) is 84.0 Å². The van der Waals surface area contributed by atoms with Crippen LogP contribution in [-0.4, -0.2) is 62.9 Å². The fourth-order valence-electron chi connectivity index (χ4n) is 4.86. The van der Waals surface area contributed by atoms with E-state index in [4.69, 9.17) is 4.98 Å². The van der Waals surface area contributed by atoms with Crippen LogP contribution in [0.15, 0.2) is 78.4 Å². The number of likely N-dealkylation sites (N-methyl/N-ethyl adjacent to an activating group) is 1. The van der Waals surface area contributed by atoms with E-state index in [0.717, 1.165) is 54.6 Å². The second-order valence-electron chi connectivity index (χ2n) is 9.44. The van der Waals surface area contributed by atoms with Crippen LogP contribution in [0, 0.1) is 0 Å². The number of thiazole rings is 1. The molecule has 1 saturated heterocycles. The second kappa shape index (κ2) is 11.2. The van der Waals surface area contributed by atoms with Gasteiger partial charge in [-0.3, -0.25) is 9.20 Å². The molecule has 0 bridgehead atoms. The Kier molecular flexibility index (Phi) is 7.20. The maximum Gasteiger partial charge on any atom is 0.230 e. The number of nitrogens with zero attached hydrogens (tertiary/aromatic N) is 6. The summed E-state index contributed by atoms with van der Waals surface area (Å²) in [6.45, 7) is 7.48. The van der Waals surface area contributed by atoms with E-state index in [9.17, 15) is 4.79 Å². The molecule has 3 aromatic heterocycles. The Morgan fingerprint density at radius 1 is 1.00 bits per heavy atom. The summed E-state index contributed by atoms with van der Waals surface area (Å²) in [7, 11) is 0. The molecule has 2 aromatic carbocycles. The number of hydrogen-bond donors (Lipinski definition) is 2. The van der Waals surface area contributed by atoms with Crippen LogP contribution in [0.1, 0.15) is 12.5 Å². The topological polar surface area (TPSA) is 90.7 Å². The molecule has 39 heavy (non-hydrogen) atoms. The number of piperazine rings is 1. The van der Waals surface area contributed by atoms with Gasteiger partial charge in [0, 0.05) is 55.3 Å². The molecular weight excluding hydrogens is 508 g/mol. The molecule has 0 spiro atoms. The van der Waals surface area contributed by atoms with Crippen molar-refractivity contribution in [2.45, 2.75) is 13.3 Å². The zero-order chi connectivity index (χ0) is 26.6. The number of nitrogens with one attached hydrogen (secondary N) is 2. The molecule has 6 rings (SSSR count). The van der Waals surface area contributed by atoms with Crippen molar-refractivity contribution in [3.63, 3.8) is 0 Å². The first kappa shape index (κ1) is 25.0. The van der Waals surface area contributed by atoms with Crippen molar-refractivity contribution in [3.8, 4) is 11.4 Å². The van der Waals surface area contributed by atoms with Crippen molar-refractivity contribution in [2.24, 2.45) is 0 Å². The summed E-state index contributed by atoms with van der Waals surface area (Å²) in [5.41, 5.74) is 4.44. The molecule has 2 N–H and O–H groups in total. The van der Waals surface area contributed by atoms with Gasteiger partial charge < -0.3 is 20.4 Å². The van der Waals surface area contributed by atoms with Gasteiger partial charge >= 0.3 is 0 Å². The predicted molar refractivity (Wildman–Crippen MR) is 157 cm³/mol. The molecule has 10 heteroatoms. The lowest BCUT2D eigenvalue weighted by molar-refractivity contribution is -0.115. The van der Waals surface area contributed by atoms with Gasteiger partial charge in [0.05, 0.1) is 12.1 Å². The normalized spacial score (nSPS) is 14.0. The molecule has 1 aliphatic rings. The molecule has 5 aromatic rings. The van der Waals surface area contributed by atoms with Crippen molar-refractivity contribution in [1.82, 2.24) is 24.3 Å². The fraction of sp³-hybridized carbons (Fsp3) is 0.241. The van der Waals surface area contributed by atoms with E-state index in [-0.39, 0.29) is 12.3 Å². The standard InChI is InChI=1S/C29H30N8OS/c1-2-35-13-15-36(16-14-35)23-10-6-9-22(20-23)31-28-30-12-11-24(32-28)26-27(34-29-37(26)17-18-39-29)33-25(38)19-21-7-4-3-5-8-21/h3-12,17-18,20H,2,13-16,19H2,1H3,(H,33,38)(H,30,31,32). The highest BCUT2D eigenvalue weighted by Crippen LogP contribution is 2.31. The SMILES string of the molecule is CCN1CCN(c2cccc(Nc3nccc(-c4c(NC(=O)Cc5ccccc5)nc5sccn45)n3)c2)CC1. The Hall–Kier alpha value is -4.28. The van der Waals surface area contributed by atoms with E-state index in [0.29, 0.717) is 17.5 Å². The number of benzene rings is 2. The minimum absolute atomic E-state index is 0.128. The summed E-state index contributed by atoms with van der Waals surface area (Å²) in [5, 5.41) is 8.33. The van der Waals surface area contributed by atoms with E-state index in [1.807, 2.05) is 58.4 Å². The zero-order valence-corrected chi connectivity index (χ0v) is 22.6. The summed E-state index contributed by atoms with van der Waals surface area (Å²) in [5.74, 6) is 0.838. The highest BCUT2D eigenvalue weighted by molar-refractivity contribution is 7.15. The number of imidazole rings is 1. The minimum atomic E-state index is -0.128. The van der Waals surface area contributed by atoms with E-state index < -0.39 is 0 Å². The van der Waals surface area contributed by atoms with Crippen LogP contribution in [0.4, 0.5) is 23.1 Å². The highest BCUT2D eigenvalue weighted by atomic mass is 32.1. The zero-order valence-electron chi connectivity index (χ0n) is 21.7. The summed E-state index contributed by atoms with van der Waals surface area (Å²) in [4.78, 5) is 32.5. The molecule has 0 saturated carbocycles.